The fraction of sp³-hybridized carbons (Fsp3) is 0.440. The molecule has 0 saturated carbocycles. The number of hydrogen-bond acceptors (Lipinski definition) is 3. The van der Waals surface area contributed by atoms with Gasteiger partial charge in [-0.25, -0.2) is 0 Å². The maximum atomic E-state index is 13.0. The Labute approximate surface area is 180 Å². The molecule has 0 fully saturated rings. The molecule has 5 heteroatoms. The largest absolute Gasteiger partial charge is 0.484 e. The van der Waals surface area contributed by atoms with Crippen LogP contribution >= 0.6 is 0 Å². The normalized spacial score (nSPS) is 12.7. The van der Waals surface area contributed by atoms with Crippen LogP contribution in [0, 0.1) is 6.92 Å². The second-order valence-corrected chi connectivity index (χ2v) is 7.79. The highest BCUT2D eigenvalue weighted by Gasteiger charge is 2.27. The smallest absolute Gasteiger partial charge is 0.261 e. The first-order valence-electron chi connectivity index (χ1n) is 10.7. The third-order valence-corrected chi connectivity index (χ3v) is 5.34. The summed E-state index contributed by atoms with van der Waals surface area (Å²) >= 11 is 0. The number of nitrogens with one attached hydrogen (secondary N) is 1. The zero-order chi connectivity index (χ0) is 22.1. The lowest BCUT2D eigenvalue weighted by atomic mass is 10.1. The first-order chi connectivity index (χ1) is 14.3. The average molecular weight is 411 g/mol. The molecule has 30 heavy (non-hydrogen) atoms. The zero-order valence-electron chi connectivity index (χ0n) is 18.8. The molecule has 2 aromatic carbocycles. The van der Waals surface area contributed by atoms with Crippen molar-refractivity contribution in [3.05, 3.63) is 65.2 Å². The molecule has 0 heterocycles. The second kappa shape index (κ2) is 11.4. The lowest BCUT2D eigenvalue weighted by Crippen LogP contribution is -2.50. The fourth-order valence-corrected chi connectivity index (χ4v) is 2.99. The molecule has 0 unspecified atom stereocenters. The van der Waals surface area contributed by atoms with Crippen molar-refractivity contribution in [2.75, 3.05) is 6.61 Å². The highest BCUT2D eigenvalue weighted by atomic mass is 16.5. The predicted molar refractivity (Wildman–Crippen MR) is 120 cm³/mol. The van der Waals surface area contributed by atoms with Gasteiger partial charge in [-0.15, -0.1) is 0 Å². The Morgan fingerprint density at radius 1 is 0.967 bits per heavy atom. The third kappa shape index (κ3) is 6.90. The van der Waals surface area contributed by atoms with Crippen molar-refractivity contribution < 1.29 is 14.3 Å². The van der Waals surface area contributed by atoms with Crippen LogP contribution in [0.25, 0.3) is 0 Å². The van der Waals surface area contributed by atoms with Gasteiger partial charge >= 0.3 is 0 Å². The summed E-state index contributed by atoms with van der Waals surface area (Å²) in [5.41, 5.74) is 3.34. The van der Waals surface area contributed by atoms with Gasteiger partial charge in [0.2, 0.25) is 5.91 Å². The van der Waals surface area contributed by atoms with E-state index in [9.17, 15) is 9.59 Å². The minimum Gasteiger partial charge on any atom is -0.484 e. The standard InChI is InChI=1S/C25H34N2O3/c1-6-19(4)26-25(29)20(5)27(16-22-10-8-18(3)9-11-22)24(28)17-30-23-14-12-21(7-2)13-15-23/h8-15,19-20H,6-7,16-17H2,1-5H3,(H,26,29)/t19-,20-/m0/s1. The Morgan fingerprint density at radius 2 is 1.57 bits per heavy atom. The van der Waals surface area contributed by atoms with E-state index in [1.165, 1.54) is 5.56 Å². The number of aryl methyl sites for hydroxylation is 2. The molecule has 1 N–H and O–H groups in total. The molecule has 2 rings (SSSR count). The second-order valence-electron chi connectivity index (χ2n) is 7.79. The summed E-state index contributed by atoms with van der Waals surface area (Å²) in [6.45, 7) is 10.1. The van der Waals surface area contributed by atoms with Gasteiger partial charge in [-0.05, 0) is 56.9 Å². The predicted octanol–water partition coefficient (Wildman–Crippen LogP) is 4.27. The summed E-state index contributed by atoms with van der Waals surface area (Å²) in [6.07, 6.45) is 1.79. The van der Waals surface area contributed by atoms with Gasteiger partial charge in [0, 0.05) is 12.6 Å². The number of carbonyl (C=O) groups excluding carboxylic acids is 2. The minimum atomic E-state index is -0.598. The van der Waals surface area contributed by atoms with Crippen LogP contribution in [0.3, 0.4) is 0 Å². The van der Waals surface area contributed by atoms with E-state index >= 15 is 0 Å². The Balaban J connectivity index is 2.12. The SMILES string of the molecule is CCc1ccc(OCC(=O)N(Cc2ccc(C)cc2)[C@@H](C)C(=O)N[C@@H](C)CC)cc1. The van der Waals surface area contributed by atoms with Crippen molar-refractivity contribution in [1.82, 2.24) is 10.2 Å². The zero-order valence-corrected chi connectivity index (χ0v) is 18.8. The van der Waals surface area contributed by atoms with Crippen LogP contribution in [-0.2, 0) is 22.6 Å². The number of nitrogens with zero attached hydrogens (tertiary/aromatic N) is 1. The molecular weight excluding hydrogens is 376 g/mol. The van der Waals surface area contributed by atoms with Gasteiger partial charge < -0.3 is 15.0 Å². The first-order valence-corrected chi connectivity index (χ1v) is 10.7. The summed E-state index contributed by atoms with van der Waals surface area (Å²) < 4.78 is 5.71. The van der Waals surface area contributed by atoms with E-state index in [4.69, 9.17) is 4.74 Å². The third-order valence-electron chi connectivity index (χ3n) is 5.34. The highest BCUT2D eigenvalue weighted by Crippen LogP contribution is 2.15. The lowest BCUT2D eigenvalue weighted by Gasteiger charge is -2.29. The van der Waals surface area contributed by atoms with Crippen LogP contribution in [0.5, 0.6) is 5.75 Å². The summed E-state index contributed by atoms with van der Waals surface area (Å²) in [5.74, 6) is 0.270. The van der Waals surface area contributed by atoms with Crippen molar-refractivity contribution in [2.45, 2.75) is 66.1 Å². The lowest BCUT2D eigenvalue weighted by molar-refractivity contribution is -0.142. The molecule has 0 aliphatic rings. The molecule has 0 aromatic heterocycles. The van der Waals surface area contributed by atoms with Crippen LogP contribution in [0.4, 0.5) is 0 Å². The Bertz CT molecular complexity index is 815. The van der Waals surface area contributed by atoms with E-state index in [1.807, 2.05) is 69.3 Å². The first kappa shape index (κ1) is 23.5. The summed E-state index contributed by atoms with van der Waals surface area (Å²) in [7, 11) is 0. The van der Waals surface area contributed by atoms with Gasteiger partial charge in [0.15, 0.2) is 6.61 Å². The van der Waals surface area contributed by atoms with Crippen LogP contribution in [0.15, 0.2) is 48.5 Å². The molecule has 2 aromatic rings. The summed E-state index contributed by atoms with van der Waals surface area (Å²) in [4.78, 5) is 27.3. The number of rotatable bonds is 10. The van der Waals surface area contributed by atoms with Crippen LogP contribution in [0.2, 0.25) is 0 Å². The maximum Gasteiger partial charge on any atom is 0.261 e. The van der Waals surface area contributed by atoms with E-state index in [0.29, 0.717) is 12.3 Å². The van der Waals surface area contributed by atoms with Gasteiger partial charge in [0.1, 0.15) is 11.8 Å². The molecule has 5 nitrogen and oxygen atoms in total. The van der Waals surface area contributed by atoms with E-state index < -0.39 is 6.04 Å². The van der Waals surface area contributed by atoms with Crippen molar-refractivity contribution in [1.29, 1.82) is 0 Å². The maximum absolute atomic E-state index is 13.0. The minimum absolute atomic E-state index is 0.0598. The monoisotopic (exact) mass is 410 g/mol. The molecular formula is C25H34N2O3. The molecule has 0 bridgehead atoms. The van der Waals surface area contributed by atoms with E-state index in [0.717, 1.165) is 24.0 Å². The molecule has 0 aliphatic carbocycles. The van der Waals surface area contributed by atoms with Crippen LogP contribution in [0.1, 0.15) is 50.8 Å². The quantitative estimate of drug-likeness (QED) is 0.636. The number of benzene rings is 2. The van der Waals surface area contributed by atoms with Crippen LogP contribution < -0.4 is 10.1 Å². The van der Waals surface area contributed by atoms with Gasteiger partial charge in [-0.2, -0.15) is 0 Å². The van der Waals surface area contributed by atoms with Gasteiger partial charge in [0.25, 0.3) is 5.91 Å². The Kier molecular flexibility index (Phi) is 8.90. The van der Waals surface area contributed by atoms with Gasteiger partial charge in [-0.1, -0.05) is 55.8 Å². The van der Waals surface area contributed by atoms with E-state index in [-0.39, 0.29) is 24.5 Å². The van der Waals surface area contributed by atoms with Crippen LogP contribution in [-0.4, -0.2) is 35.4 Å². The average Bonchev–Trinajstić information content (AvgIpc) is 2.76. The molecule has 2 amide bonds. The van der Waals surface area contributed by atoms with Crippen molar-refractivity contribution >= 4 is 11.8 Å². The van der Waals surface area contributed by atoms with E-state index in [2.05, 4.69) is 12.2 Å². The van der Waals surface area contributed by atoms with Crippen molar-refractivity contribution in [3.8, 4) is 5.75 Å². The highest BCUT2D eigenvalue weighted by molar-refractivity contribution is 5.88. The summed E-state index contributed by atoms with van der Waals surface area (Å²) in [5, 5.41) is 2.97. The molecule has 0 radical (unpaired) electrons. The number of ether oxygens (including phenoxy) is 1. The van der Waals surface area contributed by atoms with E-state index in [1.54, 1.807) is 11.8 Å². The Hall–Kier alpha value is -2.82. The van der Waals surface area contributed by atoms with Gasteiger partial charge in [-0.3, -0.25) is 9.59 Å². The Morgan fingerprint density at radius 3 is 2.13 bits per heavy atom. The molecule has 2 atom stereocenters. The van der Waals surface area contributed by atoms with Crippen molar-refractivity contribution in [3.63, 3.8) is 0 Å². The number of carbonyl (C=O) groups is 2. The fourth-order valence-electron chi connectivity index (χ4n) is 2.99. The molecule has 0 aliphatic heterocycles. The summed E-state index contributed by atoms with van der Waals surface area (Å²) in [6, 6.07) is 15.2. The number of amides is 2. The molecule has 162 valence electrons. The molecule has 0 spiro atoms. The van der Waals surface area contributed by atoms with Gasteiger partial charge in [0.05, 0.1) is 0 Å². The van der Waals surface area contributed by atoms with Crippen molar-refractivity contribution in [2.24, 2.45) is 0 Å². The number of hydrogen-bond donors (Lipinski definition) is 1. The molecule has 0 saturated heterocycles. The topological polar surface area (TPSA) is 58.6 Å².